The van der Waals surface area contributed by atoms with Gasteiger partial charge in [-0.1, -0.05) is 91.0 Å². The number of oxazole rings is 1. The molecule has 3 N–H and O–H groups in total. The molecular weight excluding hydrogens is 779 g/mol. The van der Waals surface area contributed by atoms with Crippen LogP contribution in [0.25, 0.3) is 16.8 Å². The molecule has 1 unspecified atom stereocenters. The molecule has 3 aliphatic carbocycles. The summed E-state index contributed by atoms with van der Waals surface area (Å²) in [7, 11) is 0. The minimum absolute atomic E-state index is 0.000303. The monoisotopic (exact) mass is 831 g/mol. The van der Waals surface area contributed by atoms with Gasteiger partial charge in [0.15, 0.2) is 0 Å². The zero-order chi connectivity index (χ0) is 42.2. The van der Waals surface area contributed by atoms with Crippen LogP contribution in [0.15, 0.2) is 108 Å². The molecule has 318 valence electrons. The van der Waals surface area contributed by atoms with E-state index in [1.54, 1.807) is 6.20 Å². The fraction of sp³-hybridized carbons (Fsp3) is 0.400. The van der Waals surface area contributed by atoms with Crippen molar-refractivity contribution < 1.29 is 23.6 Å². The van der Waals surface area contributed by atoms with Crippen molar-refractivity contribution in [3.63, 3.8) is 0 Å². The van der Waals surface area contributed by atoms with Crippen molar-refractivity contribution in [2.24, 2.45) is 11.8 Å². The molecule has 5 aliphatic rings. The number of carbonyl (C=O) groups excluding carboxylic acids is 4. The molecule has 2 aliphatic heterocycles. The molecule has 0 radical (unpaired) electrons. The number of allylic oxidation sites excluding steroid dienone is 2. The Morgan fingerprint density at radius 1 is 0.661 bits per heavy atom. The van der Waals surface area contributed by atoms with E-state index in [-0.39, 0.29) is 47.5 Å². The minimum atomic E-state index is -0.740. The molecule has 5 atom stereocenters. The number of imidazole rings is 1. The smallest absolute Gasteiger partial charge is 0.250 e. The third-order valence-electron chi connectivity index (χ3n) is 13.4. The Hall–Kier alpha value is -6.30. The molecule has 2 saturated heterocycles. The van der Waals surface area contributed by atoms with Crippen LogP contribution in [0.5, 0.6) is 0 Å². The number of nitrogens with one attached hydrogen (secondary N) is 3. The molecule has 3 aromatic carbocycles. The van der Waals surface area contributed by atoms with Gasteiger partial charge in [-0.3, -0.25) is 19.2 Å². The maximum Gasteiger partial charge on any atom is 0.250 e. The lowest BCUT2D eigenvalue weighted by Crippen LogP contribution is -2.43. The van der Waals surface area contributed by atoms with E-state index >= 15 is 0 Å². The van der Waals surface area contributed by atoms with Crippen molar-refractivity contribution in [1.29, 1.82) is 0 Å². The van der Waals surface area contributed by atoms with Gasteiger partial charge in [-0.15, -0.1) is 0 Å². The molecule has 2 aromatic heterocycles. The number of carbonyl (C=O) groups is 4. The van der Waals surface area contributed by atoms with E-state index in [9.17, 15) is 19.2 Å². The Labute approximate surface area is 361 Å². The summed E-state index contributed by atoms with van der Waals surface area (Å²) < 4.78 is 6.42. The van der Waals surface area contributed by atoms with E-state index < -0.39 is 12.1 Å². The third kappa shape index (κ3) is 8.34. The summed E-state index contributed by atoms with van der Waals surface area (Å²) in [5.41, 5.74) is 5.92. The molecule has 10 rings (SSSR count). The zero-order valence-electron chi connectivity index (χ0n) is 34.9. The Morgan fingerprint density at radius 3 is 1.81 bits per heavy atom. The topological polar surface area (TPSA) is 154 Å². The number of benzene rings is 3. The summed E-state index contributed by atoms with van der Waals surface area (Å²) in [6, 6.07) is 25.8. The Kier molecular flexibility index (Phi) is 11.1. The van der Waals surface area contributed by atoms with Crippen LogP contribution in [0.4, 0.5) is 0 Å². The number of hydrogen-bond donors (Lipinski definition) is 3. The minimum Gasteiger partial charge on any atom is -0.439 e. The van der Waals surface area contributed by atoms with Crippen LogP contribution in [0, 0.1) is 11.8 Å². The average Bonchev–Trinajstić information content (AvgIpc) is 4.07. The van der Waals surface area contributed by atoms with Crippen LogP contribution < -0.4 is 10.6 Å². The van der Waals surface area contributed by atoms with Crippen LogP contribution in [0.2, 0.25) is 0 Å². The third-order valence-corrected chi connectivity index (χ3v) is 13.4. The van der Waals surface area contributed by atoms with E-state index in [1.165, 1.54) is 5.56 Å². The maximum atomic E-state index is 14.1. The van der Waals surface area contributed by atoms with Crippen LogP contribution in [-0.4, -0.2) is 61.5 Å². The molecule has 12 heteroatoms. The van der Waals surface area contributed by atoms with Crippen LogP contribution >= 0.6 is 0 Å². The van der Waals surface area contributed by atoms with Gasteiger partial charge in [0, 0.05) is 24.9 Å². The summed E-state index contributed by atoms with van der Waals surface area (Å²) in [5.74, 6) is 2.11. The lowest BCUT2D eigenvalue weighted by Gasteiger charge is -2.28. The van der Waals surface area contributed by atoms with Gasteiger partial charge in [0.05, 0.1) is 24.1 Å². The fourth-order valence-corrected chi connectivity index (χ4v) is 9.55. The zero-order valence-corrected chi connectivity index (χ0v) is 34.9. The molecule has 5 aromatic rings. The molecule has 4 heterocycles. The normalized spacial score (nSPS) is 22.2. The predicted octanol–water partition coefficient (Wildman–Crippen LogP) is 8.28. The van der Waals surface area contributed by atoms with Gasteiger partial charge in [-0.05, 0) is 104 Å². The number of likely N-dealkylation sites (tertiary alicyclic amines) is 2. The highest BCUT2D eigenvalue weighted by atomic mass is 16.4. The van der Waals surface area contributed by atoms with E-state index in [0.717, 1.165) is 110 Å². The summed E-state index contributed by atoms with van der Waals surface area (Å²) in [6.45, 7) is 1.20. The standard InChI is InChI=1S/C50H53N7O5/c58-46(37-23-24-37)54-43(35-9-3-1-4-10-35)49(60)56-27-7-13-40(56)45-51-29-39(53-45)33-19-15-31(16-20-33)32-17-21-34(22-18-32)42-30-52-48(62-42)41-14-8-28-57(41)50(61)44(36-11-5-2-6-12-36)55-47(59)38-25-26-38/h1-6,9-12,15-16,19-21,29-30,32,37-38,40-41,43-44H,7-8,13-14,17-18,22-28H2,(H,51,53)(H,54,58)(H,55,59)/t32?,40-,41-,43+,44+/m0/s1. The van der Waals surface area contributed by atoms with Gasteiger partial charge in [0.2, 0.25) is 29.5 Å². The highest BCUT2D eigenvalue weighted by Gasteiger charge is 2.41. The molecule has 4 amide bonds. The van der Waals surface area contributed by atoms with Gasteiger partial charge < -0.3 is 29.8 Å². The first-order valence-corrected chi connectivity index (χ1v) is 22.5. The summed E-state index contributed by atoms with van der Waals surface area (Å²) in [5, 5.41) is 6.10. The predicted molar refractivity (Wildman–Crippen MR) is 233 cm³/mol. The SMILES string of the molecule is O=C(N[C@@H](C(=O)N1CCC[C@H]1c1ncc(-c2ccc(C3CC=C(c4cnc([C@@H]5CCCN5C(=O)[C@H](NC(=O)C5CC5)c5ccccc5)o4)CC3)cc2)[nH]1)c1ccccc1)C1CC1. The summed E-state index contributed by atoms with van der Waals surface area (Å²) >= 11 is 0. The first kappa shape index (κ1) is 39.8. The molecule has 12 nitrogen and oxygen atoms in total. The number of amides is 4. The highest BCUT2D eigenvalue weighted by Crippen LogP contribution is 2.41. The maximum absolute atomic E-state index is 14.1. The van der Waals surface area contributed by atoms with Crippen molar-refractivity contribution in [3.8, 4) is 11.3 Å². The van der Waals surface area contributed by atoms with Crippen molar-refractivity contribution >= 4 is 29.2 Å². The highest BCUT2D eigenvalue weighted by molar-refractivity contribution is 5.91. The molecule has 2 saturated carbocycles. The van der Waals surface area contributed by atoms with Gasteiger partial charge in [-0.2, -0.15) is 0 Å². The van der Waals surface area contributed by atoms with Crippen molar-refractivity contribution in [3.05, 3.63) is 138 Å². The largest absolute Gasteiger partial charge is 0.439 e. The number of aromatic nitrogens is 3. The molecule has 62 heavy (non-hydrogen) atoms. The fourth-order valence-electron chi connectivity index (χ4n) is 9.55. The van der Waals surface area contributed by atoms with Gasteiger partial charge in [0.25, 0.3) is 0 Å². The Morgan fingerprint density at radius 2 is 1.24 bits per heavy atom. The van der Waals surface area contributed by atoms with E-state index in [1.807, 2.05) is 76.7 Å². The van der Waals surface area contributed by atoms with Crippen LogP contribution in [-0.2, 0) is 19.2 Å². The molecule has 0 bridgehead atoms. The van der Waals surface area contributed by atoms with Gasteiger partial charge in [-0.25, -0.2) is 9.97 Å². The first-order valence-electron chi connectivity index (χ1n) is 22.5. The number of rotatable bonds is 13. The van der Waals surface area contributed by atoms with Crippen LogP contribution in [0.1, 0.15) is 135 Å². The number of nitrogens with zero attached hydrogens (tertiary/aromatic N) is 4. The molecule has 0 spiro atoms. The van der Waals surface area contributed by atoms with Gasteiger partial charge in [0.1, 0.15) is 29.7 Å². The Bertz CT molecular complexity index is 2450. The number of aromatic amines is 1. The second kappa shape index (κ2) is 17.2. The lowest BCUT2D eigenvalue weighted by atomic mass is 9.84. The van der Waals surface area contributed by atoms with Gasteiger partial charge >= 0.3 is 0 Å². The van der Waals surface area contributed by atoms with Crippen LogP contribution in [0.3, 0.4) is 0 Å². The number of H-pyrrole nitrogens is 1. The van der Waals surface area contributed by atoms with Crippen molar-refractivity contribution in [2.75, 3.05) is 13.1 Å². The first-order chi connectivity index (χ1) is 30.4. The average molecular weight is 832 g/mol. The van der Waals surface area contributed by atoms with Crippen molar-refractivity contribution in [1.82, 2.24) is 35.4 Å². The molecule has 4 fully saturated rings. The lowest BCUT2D eigenvalue weighted by molar-refractivity contribution is -0.138. The van der Waals surface area contributed by atoms with Crippen molar-refractivity contribution in [2.45, 2.75) is 101 Å². The summed E-state index contributed by atoms with van der Waals surface area (Å²) in [6.07, 6.45) is 15.4. The van der Waals surface area contributed by atoms with E-state index in [0.29, 0.717) is 24.9 Å². The number of hydrogen-bond acceptors (Lipinski definition) is 7. The second-order valence-electron chi connectivity index (χ2n) is 17.7. The Balaban J connectivity index is 0.774. The summed E-state index contributed by atoms with van der Waals surface area (Å²) in [4.78, 5) is 70.6. The second-order valence-corrected chi connectivity index (χ2v) is 17.7. The van der Waals surface area contributed by atoms with E-state index in [2.05, 4.69) is 46.0 Å². The van der Waals surface area contributed by atoms with E-state index in [4.69, 9.17) is 14.4 Å². The quantitative estimate of drug-likeness (QED) is 0.108. The molecular formula is C50H53N7O5.